The number of nitriles is 1. The molecule has 1 aliphatic heterocycles. The largest absolute Gasteiger partial charge is 0.351 e. The Morgan fingerprint density at radius 3 is 2.68 bits per heavy atom. The number of piperidine rings is 1. The van der Waals surface area contributed by atoms with Crippen molar-refractivity contribution in [2.45, 2.75) is 57.9 Å². The summed E-state index contributed by atoms with van der Waals surface area (Å²) >= 11 is 0. The highest BCUT2D eigenvalue weighted by molar-refractivity contribution is 5.40. The Bertz CT molecular complexity index is 453. The van der Waals surface area contributed by atoms with Crippen LogP contribution in [0.5, 0.6) is 0 Å². The highest BCUT2D eigenvalue weighted by atomic mass is 15.3. The minimum absolute atomic E-state index is 0.0273. The third-order valence-electron chi connectivity index (χ3n) is 3.67. The van der Waals surface area contributed by atoms with E-state index >= 15 is 0 Å². The molecule has 1 aromatic rings. The lowest BCUT2D eigenvalue weighted by Crippen LogP contribution is -2.40. The van der Waals surface area contributed by atoms with Crippen LogP contribution in [0.2, 0.25) is 0 Å². The number of hydrogen-bond acceptors (Lipinski definition) is 4. The van der Waals surface area contributed by atoms with Crippen molar-refractivity contribution in [2.24, 2.45) is 0 Å². The fourth-order valence-electron chi connectivity index (χ4n) is 2.50. The van der Waals surface area contributed by atoms with Gasteiger partial charge in [0.05, 0.1) is 18.2 Å². The Morgan fingerprint density at radius 1 is 1.32 bits per heavy atom. The molecule has 19 heavy (non-hydrogen) atoms. The number of anilines is 1. The molecule has 0 bridgehead atoms. The first kappa shape index (κ1) is 13.8. The summed E-state index contributed by atoms with van der Waals surface area (Å²) in [6, 6.07) is 6.68. The number of rotatable bonds is 2. The Labute approximate surface area is 115 Å². The molecule has 0 radical (unpaired) electrons. The summed E-state index contributed by atoms with van der Waals surface area (Å²) in [7, 11) is 0. The Kier molecular flexibility index (Phi) is 4.04. The second kappa shape index (κ2) is 5.56. The molecule has 4 nitrogen and oxygen atoms in total. The number of hydrogen-bond donors (Lipinski definition) is 0. The Hall–Kier alpha value is -1.63. The normalized spacial score (nSPS) is 20.1. The number of aromatic nitrogens is 2. The molecule has 1 aliphatic rings. The zero-order valence-electron chi connectivity index (χ0n) is 12.1. The maximum atomic E-state index is 8.92. The van der Waals surface area contributed by atoms with E-state index in [1.165, 1.54) is 12.8 Å². The van der Waals surface area contributed by atoms with Gasteiger partial charge in [0.1, 0.15) is 0 Å². The summed E-state index contributed by atoms with van der Waals surface area (Å²) in [6.45, 7) is 7.39. The lowest BCUT2D eigenvalue weighted by Gasteiger charge is -2.35. The van der Waals surface area contributed by atoms with Crippen molar-refractivity contribution >= 4 is 5.82 Å². The summed E-state index contributed by atoms with van der Waals surface area (Å²) in [5.41, 5.74) is 1.03. The van der Waals surface area contributed by atoms with Gasteiger partial charge in [-0.2, -0.15) is 10.4 Å². The Balaban J connectivity index is 2.18. The zero-order chi connectivity index (χ0) is 13.9. The highest BCUT2D eigenvalue weighted by Gasteiger charge is 2.24. The summed E-state index contributed by atoms with van der Waals surface area (Å²) in [4.78, 5) is 2.24. The van der Waals surface area contributed by atoms with Crippen LogP contribution < -0.4 is 4.90 Å². The first-order valence-corrected chi connectivity index (χ1v) is 7.00. The highest BCUT2D eigenvalue weighted by Crippen LogP contribution is 2.26. The third-order valence-corrected chi connectivity index (χ3v) is 3.67. The zero-order valence-corrected chi connectivity index (χ0v) is 12.1. The SMILES string of the molecule is CC(C)(C)c1ccc(N2CCCCC2CC#N)nn1. The van der Waals surface area contributed by atoms with E-state index in [4.69, 9.17) is 5.26 Å². The van der Waals surface area contributed by atoms with Crippen LogP contribution in [0.15, 0.2) is 12.1 Å². The molecule has 1 aromatic heterocycles. The van der Waals surface area contributed by atoms with Gasteiger partial charge in [0, 0.05) is 18.0 Å². The molecule has 102 valence electrons. The second-order valence-electron chi connectivity index (χ2n) is 6.23. The van der Waals surface area contributed by atoms with Crippen LogP contribution in [0.1, 0.15) is 52.1 Å². The standard InChI is InChI=1S/C15H22N4/c1-15(2,3)13-7-8-14(18-17-13)19-11-5-4-6-12(19)9-10-16/h7-8,12H,4-6,9,11H2,1-3H3. The van der Waals surface area contributed by atoms with E-state index in [2.05, 4.69) is 48.0 Å². The molecular weight excluding hydrogens is 236 g/mol. The smallest absolute Gasteiger partial charge is 0.151 e. The van der Waals surface area contributed by atoms with Gasteiger partial charge in [0.15, 0.2) is 5.82 Å². The lowest BCUT2D eigenvalue weighted by atomic mass is 9.92. The first-order chi connectivity index (χ1) is 9.02. The van der Waals surface area contributed by atoms with Crippen molar-refractivity contribution in [1.82, 2.24) is 10.2 Å². The van der Waals surface area contributed by atoms with Gasteiger partial charge < -0.3 is 4.90 Å². The average molecular weight is 258 g/mol. The fourth-order valence-corrected chi connectivity index (χ4v) is 2.50. The predicted molar refractivity (Wildman–Crippen MR) is 75.9 cm³/mol. The summed E-state index contributed by atoms with van der Waals surface area (Å²) in [5, 5.41) is 17.6. The van der Waals surface area contributed by atoms with Crippen LogP contribution in [-0.2, 0) is 5.41 Å². The van der Waals surface area contributed by atoms with Crippen molar-refractivity contribution in [3.05, 3.63) is 17.8 Å². The minimum atomic E-state index is 0.0273. The van der Waals surface area contributed by atoms with E-state index in [0.29, 0.717) is 12.5 Å². The van der Waals surface area contributed by atoms with Crippen LogP contribution in [0.25, 0.3) is 0 Å². The number of nitrogens with zero attached hydrogens (tertiary/aromatic N) is 4. The van der Waals surface area contributed by atoms with Gasteiger partial charge >= 0.3 is 0 Å². The van der Waals surface area contributed by atoms with E-state index in [1.807, 2.05) is 6.07 Å². The Morgan fingerprint density at radius 2 is 2.11 bits per heavy atom. The molecule has 1 unspecified atom stereocenters. The first-order valence-electron chi connectivity index (χ1n) is 7.00. The van der Waals surface area contributed by atoms with Gasteiger partial charge in [0.25, 0.3) is 0 Å². The molecule has 1 saturated heterocycles. The second-order valence-corrected chi connectivity index (χ2v) is 6.23. The van der Waals surface area contributed by atoms with Gasteiger partial charge in [-0.15, -0.1) is 5.10 Å². The van der Waals surface area contributed by atoms with E-state index < -0.39 is 0 Å². The molecule has 0 aromatic carbocycles. The molecule has 0 spiro atoms. The molecule has 2 rings (SSSR count). The molecule has 0 saturated carbocycles. The van der Waals surface area contributed by atoms with Gasteiger partial charge in [-0.3, -0.25) is 0 Å². The maximum absolute atomic E-state index is 8.92. The molecule has 0 aliphatic carbocycles. The molecule has 0 amide bonds. The lowest BCUT2D eigenvalue weighted by molar-refractivity contribution is 0.458. The van der Waals surface area contributed by atoms with Gasteiger partial charge in [-0.05, 0) is 31.4 Å². The van der Waals surface area contributed by atoms with Crippen LogP contribution in [0.3, 0.4) is 0 Å². The van der Waals surface area contributed by atoms with Crippen molar-refractivity contribution in [1.29, 1.82) is 5.26 Å². The van der Waals surface area contributed by atoms with Crippen LogP contribution in [0, 0.1) is 11.3 Å². The van der Waals surface area contributed by atoms with E-state index in [-0.39, 0.29) is 5.41 Å². The molecule has 1 fully saturated rings. The monoisotopic (exact) mass is 258 g/mol. The average Bonchev–Trinajstić information content (AvgIpc) is 2.39. The fraction of sp³-hybridized carbons (Fsp3) is 0.667. The summed E-state index contributed by atoms with van der Waals surface area (Å²) in [6.07, 6.45) is 4.03. The van der Waals surface area contributed by atoms with Crippen molar-refractivity contribution in [3.8, 4) is 6.07 Å². The van der Waals surface area contributed by atoms with Crippen molar-refractivity contribution < 1.29 is 0 Å². The summed E-state index contributed by atoms with van der Waals surface area (Å²) in [5.74, 6) is 0.910. The van der Waals surface area contributed by atoms with E-state index in [1.54, 1.807) is 0 Å². The molecular formula is C15H22N4. The molecule has 4 heteroatoms. The minimum Gasteiger partial charge on any atom is -0.351 e. The van der Waals surface area contributed by atoms with Crippen LogP contribution >= 0.6 is 0 Å². The molecule has 0 N–H and O–H groups in total. The third kappa shape index (κ3) is 3.23. The van der Waals surface area contributed by atoms with Crippen LogP contribution in [-0.4, -0.2) is 22.8 Å². The van der Waals surface area contributed by atoms with Crippen molar-refractivity contribution in [3.63, 3.8) is 0 Å². The quantitative estimate of drug-likeness (QED) is 0.818. The van der Waals surface area contributed by atoms with Gasteiger partial charge in [0.2, 0.25) is 0 Å². The van der Waals surface area contributed by atoms with E-state index in [0.717, 1.165) is 24.5 Å². The van der Waals surface area contributed by atoms with Gasteiger partial charge in [-0.1, -0.05) is 20.8 Å². The van der Waals surface area contributed by atoms with E-state index in [9.17, 15) is 0 Å². The van der Waals surface area contributed by atoms with Crippen molar-refractivity contribution in [2.75, 3.05) is 11.4 Å². The van der Waals surface area contributed by atoms with Crippen LogP contribution in [0.4, 0.5) is 5.82 Å². The molecule has 1 atom stereocenters. The summed E-state index contributed by atoms with van der Waals surface area (Å²) < 4.78 is 0. The topological polar surface area (TPSA) is 52.8 Å². The maximum Gasteiger partial charge on any atom is 0.151 e. The molecule has 2 heterocycles. The predicted octanol–water partition coefficient (Wildman–Crippen LogP) is 3.05. The van der Waals surface area contributed by atoms with Gasteiger partial charge in [-0.25, -0.2) is 0 Å².